The quantitative estimate of drug-likeness (QED) is 0.780. The Balaban J connectivity index is 2.10. The number of para-hydroxylation sites is 1. The number of rotatable bonds is 6. The molecule has 2 rings (SSSR count). The Morgan fingerprint density at radius 2 is 1.96 bits per heavy atom. The van der Waals surface area contributed by atoms with Gasteiger partial charge in [0.2, 0.25) is 0 Å². The Morgan fingerprint density at radius 1 is 1.22 bits per heavy atom. The highest BCUT2D eigenvalue weighted by atomic mass is 16.5. The summed E-state index contributed by atoms with van der Waals surface area (Å²) in [6.45, 7) is 0. The van der Waals surface area contributed by atoms with Gasteiger partial charge in [0.05, 0.1) is 12.6 Å². The van der Waals surface area contributed by atoms with Crippen LogP contribution in [0.3, 0.4) is 0 Å². The van der Waals surface area contributed by atoms with Crippen LogP contribution in [0.4, 0.5) is 0 Å². The summed E-state index contributed by atoms with van der Waals surface area (Å²) < 4.78 is 4.46. The standard InChI is InChI=1S/C16H16N2O5/c1-23-14(19)9-8-13(16(21)22)18-15(20)12-7-6-10-4-2-3-5-11(10)17-12/h2-7,13H,8-9H2,1H3,(H,18,20)(H,21,22)/t13-/m1/s1. The van der Waals surface area contributed by atoms with Gasteiger partial charge < -0.3 is 15.2 Å². The number of nitrogens with zero attached hydrogens (tertiary/aromatic N) is 1. The lowest BCUT2D eigenvalue weighted by molar-refractivity contribution is -0.142. The average molecular weight is 316 g/mol. The van der Waals surface area contributed by atoms with E-state index in [9.17, 15) is 14.4 Å². The summed E-state index contributed by atoms with van der Waals surface area (Å²) in [4.78, 5) is 38.7. The monoisotopic (exact) mass is 316 g/mol. The molecule has 0 spiro atoms. The molecule has 1 atom stereocenters. The van der Waals surface area contributed by atoms with E-state index in [0.717, 1.165) is 5.39 Å². The molecule has 0 saturated carbocycles. The molecule has 120 valence electrons. The fourth-order valence-electron chi connectivity index (χ4n) is 2.05. The molecule has 7 nitrogen and oxygen atoms in total. The fourth-order valence-corrected chi connectivity index (χ4v) is 2.05. The van der Waals surface area contributed by atoms with E-state index in [1.807, 2.05) is 12.1 Å². The van der Waals surface area contributed by atoms with Crippen molar-refractivity contribution in [3.05, 3.63) is 42.1 Å². The van der Waals surface area contributed by atoms with Crippen LogP contribution in [0.5, 0.6) is 0 Å². The Labute approximate surface area is 132 Å². The van der Waals surface area contributed by atoms with Crippen LogP contribution < -0.4 is 5.32 Å². The Morgan fingerprint density at radius 3 is 2.65 bits per heavy atom. The minimum atomic E-state index is -1.22. The number of hydrogen-bond donors (Lipinski definition) is 2. The number of carbonyl (C=O) groups excluding carboxylic acids is 2. The zero-order valence-corrected chi connectivity index (χ0v) is 12.5. The van der Waals surface area contributed by atoms with E-state index in [-0.39, 0.29) is 18.5 Å². The van der Waals surface area contributed by atoms with Crippen LogP contribution in [-0.2, 0) is 14.3 Å². The zero-order chi connectivity index (χ0) is 16.8. The van der Waals surface area contributed by atoms with Crippen molar-refractivity contribution in [3.63, 3.8) is 0 Å². The number of carboxylic acid groups (broad SMARTS) is 1. The first-order chi connectivity index (χ1) is 11.0. The van der Waals surface area contributed by atoms with Gasteiger partial charge in [0.15, 0.2) is 0 Å². The average Bonchev–Trinajstić information content (AvgIpc) is 2.57. The number of carbonyl (C=O) groups is 3. The van der Waals surface area contributed by atoms with E-state index in [1.165, 1.54) is 13.2 Å². The normalized spacial score (nSPS) is 11.7. The van der Waals surface area contributed by atoms with Crippen molar-refractivity contribution in [3.8, 4) is 0 Å². The summed E-state index contributed by atoms with van der Waals surface area (Å²) in [7, 11) is 1.22. The van der Waals surface area contributed by atoms with Crippen molar-refractivity contribution in [1.29, 1.82) is 0 Å². The zero-order valence-electron chi connectivity index (χ0n) is 12.5. The predicted molar refractivity (Wildman–Crippen MR) is 81.9 cm³/mol. The van der Waals surface area contributed by atoms with Gasteiger partial charge in [0, 0.05) is 11.8 Å². The smallest absolute Gasteiger partial charge is 0.326 e. The lowest BCUT2D eigenvalue weighted by atomic mass is 10.1. The van der Waals surface area contributed by atoms with Crippen LogP contribution in [-0.4, -0.2) is 41.1 Å². The number of benzene rings is 1. The molecule has 23 heavy (non-hydrogen) atoms. The SMILES string of the molecule is COC(=O)CC[C@@H](NC(=O)c1ccc2ccccc2n1)C(=O)O. The van der Waals surface area contributed by atoms with E-state index < -0.39 is 23.9 Å². The van der Waals surface area contributed by atoms with Crippen molar-refractivity contribution in [2.24, 2.45) is 0 Å². The molecule has 0 aliphatic carbocycles. The first-order valence-electron chi connectivity index (χ1n) is 6.97. The largest absolute Gasteiger partial charge is 0.480 e. The third kappa shape index (κ3) is 4.26. The molecule has 0 unspecified atom stereocenters. The van der Waals surface area contributed by atoms with Crippen molar-refractivity contribution in [1.82, 2.24) is 10.3 Å². The second kappa shape index (κ2) is 7.35. The van der Waals surface area contributed by atoms with Gasteiger partial charge in [-0.3, -0.25) is 9.59 Å². The maximum absolute atomic E-state index is 12.2. The van der Waals surface area contributed by atoms with Gasteiger partial charge >= 0.3 is 11.9 Å². The van der Waals surface area contributed by atoms with Crippen LogP contribution in [0.2, 0.25) is 0 Å². The molecule has 1 aromatic heterocycles. The minimum Gasteiger partial charge on any atom is -0.480 e. The number of methoxy groups -OCH3 is 1. The van der Waals surface area contributed by atoms with Crippen molar-refractivity contribution >= 4 is 28.7 Å². The number of ether oxygens (including phenoxy) is 1. The maximum Gasteiger partial charge on any atom is 0.326 e. The van der Waals surface area contributed by atoms with E-state index >= 15 is 0 Å². The van der Waals surface area contributed by atoms with E-state index in [1.54, 1.807) is 18.2 Å². The van der Waals surface area contributed by atoms with E-state index in [4.69, 9.17) is 5.11 Å². The molecule has 0 aliphatic rings. The molecule has 0 aliphatic heterocycles. The first-order valence-corrected chi connectivity index (χ1v) is 6.97. The van der Waals surface area contributed by atoms with Gasteiger partial charge in [-0.1, -0.05) is 24.3 Å². The summed E-state index contributed by atoms with van der Waals surface area (Å²) in [6, 6.07) is 9.36. The van der Waals surface area contributed by atoms with Gasteiger partial charge in [-0.15, -0.1) is 0 Å². The lowest BCUT2D eigenvalue weighted by Gasteiger charge is -2.13. The number of aromatic nitrogens is 1. The first kappa shape index (κ1) is 16.4. The van der Waals surface area contributed by atoms with Gasteiger partial charge in [-0.05, 0) is 18.6 Å². The highest BCUT2D eigenvalue weighted by Crippen LogP contribution is 2.12. The highest BCUT2D eigenvalue weighted by Gasteiger charge is 2.22. The number of carboxylic acids is 1. The molecule has 7 heteroatoms. The lowest BCUT2D eigenvalue weighted by Crippen LogP contribution is -2.41. The van der Waals surface area contributed by atoms with Crippen LogP contribution in [0, 0.1) is 0 Å². The van der Waals surface area contributed by atoms with Crippen LogP contribution in [0.15, 0.2) is 36.4 Å². The van der Waals surface area contributed by atoms with Crippen LogP contribution >= 0.6 is 0 Å². The van der Waals surface area contributed by atoms with Crippen molar-refractivity contribution in [2.45, 2.75) is 18.9 Å². The second-order valence-corrected chi connectivity index (χ2v) is 4.87. The minimum absolute atomic E-state index is 0.0542. The summed E-state index contributed by atoms with van der Waals surface area (Å²) in [6.07, 6.45) is -0.153. The number of esters is 1. The third-order valence-electron chi connectivity index (χ3n) is 3.30. The van der Waals surface area contributed by atoms with Crippen molar-refractivity contribution in [2.75, 3.05) is 7.11 Å². The number of hydrogen-bond acceptors (Lipinski definition) is 5. The molecule has 1 amide bonds. The summed E-state index contributed by atoms with van der Waals surface area (Å²) >= 11 is 0. The number of nitrogens with one attached hydrogen (secondary N) is 1. The van der Waals surface area contributed by atoms with Gasteiger partial charge in [-0.2, -0.15) is 0 Å². The summed E-state index contributed by atoms with van der Waals surface area (Å²) in [5.74, 6) is -2.36. The number of amides is 1. The molecular formula is C16H16N2O5. The van der Waals surface area contributed by atoms with Gasteiger partial charge in [0.1, 0.15) is 11.7 Å². The molecule has 0 saturated heterocycles. The number of fused-ring (bicyclic) bond motifs is 1. The van der Waals surface area contributed by atoms with Crippen LogP contribution in [0.1, 0.15) is 23.3 Å². The fraction of sp³-hybridized carbons (Fsp3) is 0.250. The molecule has 2 aromatic rings. The van der Waals surface area contributed by atoms with E-state index in [2.05, 4.69) is 15.0 Å². The Kier molecular flexibility index (Phi) is 5.24. The highest BCUT2D eigenvalue weighted by molar-refractivity contribution is 5.97. The van der Waals surface area contributed by atoms with Gasteiger partial charge in [-0.25, -0.2) is 9.78 Å². The van der Waals surface area contributed by atoms with Crippen LogP contribution in [0.25, 0.3) is 10.9 Å². The number of aliphatic carboxylic acids is 1. The topological polar surface area (TPSA) is 106 Å². The Bertz CT molecular complexity index is 744. The third-order valence-corrected chi connectivity index (χ3v) is 3.30. The molecule has 0 radical (unpaired) electrons. The summed E-state index contributed by atoms with van der Waals surface area (Å²) in [5.41, 5.74) is 0.759. The number of pyridine rings is 1. The molecule has 0 bridgehead atoms. The van der Waals surface area contributed by atoms with E-state index in [0.29, 0.717) is 5.52 Å². The molecule has 1 heterocycles. The Hall–Kier alpha value is -2.96. The molecule has 0 fully saturated rings. The predicted octanol–water partition coefficient (Wildman–Crippen LogP) is 1.37. The van der Waals surface area contributed by atoms with Gasteiger partial charge in [0.25, 0.3) is 5.91 Å². The second-order valence-electron chi connectivity index (χ2n) is 4.87. The summed E-state index contributed by atoms with van der Waals surface area (Å²) in [5, 5.41) is 12.4. The molecule has 2 N–H and O–H groups in total. The maximum atomic E-state index is 12.2. The molecular weight excluding hydrogens is 300 g/mol. The molecule has 1 aromatic carbocycles. The van der Waals surface area contributed by atoms with Crippen molar-refractivity contribution < 1.29 is 24.2 Å².